The molecule has 1 N–H and O–H groups in total. The Morgan fingerprint density at radius 1 is 1.32 bits per heavy atom. The van der Waals surface area contributed by atoms with E-state index >= 15 is 0 Å². The topological polar surface area (TPSA) is 95.0 Å². The molecule has 0 aliphatic carbocycles. The molecule has 1 saturated heterocycles. The Labute approximate surface area is 148 Å². The first-order valence-electron chi connectivity index (χ1n) is 8.32. The van der Waals surface area contributed by atoms with E-state index in [1.165, 1.54) is 34.5 Å². The van der Waals surface area contributed by atoms with Crippen LogP contribution >= 0.6 is 0 Å². The quantitative estimate of drug-likeness (QED) is 0.826. The van der Waals surface area contributed by atoms with E-state index in [1.807, 2.05) is 6.92 Å². The van der Waals surface area contributed by atoms with Crippen molar-refractivity contribution in [1.82, 2.24) is 9.21 Å². The number of carbonyl (C=O) groups excluding carboxylic acids is 1. The zero-order chi connectivity index (χ0) is 18.6. The second kappa shape index (κ2) is 7.97. The van der Waals surface area contributed by atoms with E-state index in [4.69, 9.17) is 5.11 Å². The van der Waals surface area contributed by atoms with Crippen molar-refractivity contribution in [1.29, 1.82) is 0 Å². The van der Waals surface area contributed by atoms with Crippen molar-refractivity contribution in [2.24, 2.45) is 0 Å². The normalized spacial score (nSPS) is 18.7. The van der Waals surface area contributed by atoms with Gasteiger partial charge in [0, 0.05) is 31.7 Å². The summed E-state index contributed by atoms with van der Waals surface area (Å²) in [6.07, 6.45) is 2.52. The molecule has 1 heterocycles. The summed E-state index contributed by atoms with van der Waals surface area (Å²) in [6.45, 7) is 2.44. The van der Waals surface area contributed by atoms with Gasteiger partial charge in [0.15, 0.2) is 0 Å². The van der Waals surface area contributed by atoms with Gasteiger partial charge in [-0.25, -0.2) is 8.42 Å². The summed E-state index contributed by atoms with van der Waals surface area (Å²) in [6, 6.07) is 5.88. The molecule has 1 fully saturated rings. The molecule has 0 saturated carbocycles. The number of amides is 1. The van der Waals surface area contributed by atoms with Crippen LogP contribution in [-0.4, -0.2) is 60.8 Å². The maximum Gasteiger partial charge on any atom is 0.305 e. The van der Waals surface area contributed by atoms with Crippen molar-refractivity contribution in [2.45, 2.75) is 43.5 Å². The highest BCUT2D eigenvalue weighted by molar-refractivity contribution is 7.89. The van der Waals surface area contributed by atoms with Gasteiger partial charge in [0.2, 0.25) is 10.0 Å². The number of hydrogen-bond acceptors (Lipinski definition) is 4. The molecule has 0 spiro atoms. The molecule has 138 valence electrons. The van der Waals surface area contributed by atoms with Gasteiger partial charge >= 0.3 is 5.97 Å². The van der Waals surface area contributed by atoms with E-state index in [0.29, 0.717) is 6.54 Å². The van der Waals surface area contributed by atoms with Crippen molar-refractivity contribution >= 4 is 21.9 Å². The zero-order valence-electron chi connectivity index (χ0n) is 14.5. The molecule has 2 rings (SSSR count). The first-order chi connectivity index (χ1) is 11.7. The smallest absolute Gasteiger partial charge is 0.305 e. The van der Waals surface area contributed by atoms with E-state index in [0.717, 1.165) is 19.3 Å². The van der Waals surface area contributed by atoms with Gasteiger partial charge in [-0.3, -0.25) is 9.59 Å². The monoisotopic (exact) mass is 368 g/mol. The number of carboxylic acid groups (broad SMARTS) is 1. The molecule has 0 aromatic heterocycles. The second-order valence-electron chi connectivity index (χ2n) is 6.36. The highest BCUT2D eigenvalue weighted by atomic mass is 32.2. The third kappa shape index (κ3) is 4.58. The standard InChI is InChI=1S/C17H24N2O5S/c1-13-6-3-4-10-19(13)25(23,24)15-8-5-7-14(12-15)17(22)18(2)11-9-16(20)21/h5,7-8,12-13H,3-4,6,9-11H2,1-2H3,(H,20,21). The van der Waals surface area contributed by atoms with Crippen LogP contribution in [0.25, 0.3) is 0 Å². The van der Waals surface area contributed by atoms with Gasteiger partial charge in [-0.2, -0.15) is 4.31 Å². The first-order valence-corrected chi connectivity index (χ1v) is 9.76. The van der Waals surface area contributed by atoms with Crippen LogP contribution in [0.5, 0.6) is 0 Å². The fourth-order valence-corrected chi connectivity index (χ4v) is 4.68. The molecule has 25 heavy (non-hydrogen) atoms. The lowest BCUT2D eigenvalue weighted by Crippen LogP contribution is -2.42. The molecule has 1 atom stereocenters. The third-order valence-electron chi connectivity index (χ3n) is 4.44. The van der Waals surface area contributed by atoms with E-state index in [2.05, 4.69) is 0 Å². The van der Waals surface area contributed by atoms with Crippen molar-refractivity contribution < 1.29 is 23.1 Å². The van der Waals surface area contributed by atoms with Gasteiger partial charge in [-0.15, -0.1) is 0 Å². The van der Waals surface area contributed by atoms with Crippen LogP contribution in [0, 0.1) is 0 Å². The second-order valence-corrected chi connectivity index (χ2v) is 8.25. The van der Waals surface area contributed by atoms with Crippen molar-refractivity contribution in [3.63, 3.8) is 0 Å². The summed E-state index contributed by atoms with van der Waals surface area (Å²) in [5.41, 5.74) is 0.235. The Kier molecular flexibility index (Phi) is 6.18. The minimum Gasteiger partial charge on any atom is -0.481 e. The van der Waals surface area contributed by atoms with E-state index in [-0.39, 0.29) is 29.5 Å². The predicted molar refractivity (Wildman–Crippen MR) is 92.9 cm³/mol. The molecule has 1 aromatic rings. The maximum absolute atomic E-state index is 12.9. The fraction of sp³-hybridized carbons (Fsp3) is 0.529. The van der Waals surface area contributed by atoms with Gasteiger partial charge < -0.3 is 10.0 Å². The van der Waals surface area contributed by atoms with Gasteiger partial charge in [0.1, 0.15) is 0 Å². The van der Waals surface area contributed by atoms with Gasteiger partial charge in [0.05, 0.1) is 11.3 Å². The summed E-state index contributed by atoms with van der Waals surface area (Å²) < 4.78 is 27.3. The summed E-state index contributed by atoms with van der Waals surface area (Å²) in [4.78, 5) is 24.4. The van der Waals surface area contributed by atoms with Crippen LogP contribution in [0.3, 0.4) is 0 Å². The number of carboxylic acids is 1. The SMILES string of the molecule is CC1CCCCN1S(=O)(=O)c1cccc(C(=O)N(C)CCC(=O)O)c1. The Bertz CT molecular complexity index is 747. The van der Waals surface area contributed by atoms with Crippen LogP contribution in [0.4, 0.5) is 0 Å². The van der Waals surface area contributed by atoms with Crippen molar-refractivity contribution in [3.8, 4) is 0 Å². The molecule has 0 radical (unpaired) electrons. The van der Waals surface area contributed by atoms with Gasteiger partial charge in [0.25, 0.3) is 5.91 Å². The Morgan fingerprint density at radius 2 is 2.04 bits per heavy atom. The number of hydrogen-bond donors (Lipinski definition) is 1. The molecular weight excluding hydrogens is 344 g/mol. The largest absolute Gasteiger partial charge is 0.481 e. The van der Waals surface area contributed by atoms with Crippen LogP contribution in [0.2, 0.25) is 0 Å². The Morgan fingerprint density at radius 3 is 2.68 bits per heavy atom. The highest BCUT2D eigenvalue weighted by Crippen LogP contribution is 2.25. The fourth-order valence-electron chi connectivity index (χ4n) is 2.94. The van der Waals surface area contributed by atoms with Crippen LogP contribution in [-0.2, 0) is 14.8 Å². The number of carbonyl (C=O) groups is 2. The molecular formula is C17H24N2O5S. The summed E-state index contributed by atoms with van der Waals surface area (Å²) in [7, 11) is -2.15. The lowest BCUT2D eigenvalue weighted by molar-refractivity contribution is -0.137. The van der Waals surface area contributed by atoms with Crippen molar-refractivity contribution in [2.75, 3.05) is 20.1 Å². The van der Waals surface area contributed by atoms with E-state index in [1.54, 1.807) is 6.07 Å². The number of aliphatic carboxylic acids is 1. The van der Waals surface area contributed by atoms with Gasteiger partial charge in [-0.1, -0.05) is 12.5 Å². The molecule has 1 aromatic carbocycles. The summed E-state index contributed by atoms with van der Waals surface area (Å²) >= 11 is 0. The van der Waals surface area contributed by atoms with E-state index in [9.17, 15) is 18.0 Å². The lowest BCUT2D eigenvalue weighted by atomic mass is 10.1. The summed E-state index contributed by atoms with van der Waals surface area (Å²) in [5.74, 6) is -1.39. The Balaban J connectivity index is 2.23. The zero-order valence-corrected chi connectivity index (χ0v) is 15.3. The number of sulfonamides is 1. The van der Waals surface area contributed by atoms with Crippen molar-refractivity contribution in [3.05, 3.63) is 29.8 Å². The van der Waals surface area contributed by atoms with Gasteiger partial charge in [-0.05, 0) is 38.0 Å². The molecule has 7 nitrogen and oxygen atoms in total. The molecule has 0 bridgehead atoms. The van der Waals surface area contributed by atoms with Crippen LogP contribution in [0.1, 0.15) is 43.0 Å². The third-order valence-corrected chi connectivity index (χ3v) is 6.45. The van der Waals surface area contributed by atoms with Crippen LogP contribution in [0.15, 0.2) is 29.2 Å². The Hall–Kier alpha value is -1.93. The average molecular weight is 368 g/mol. The number of nitrogens with zero attached hydrogens (tertiary/aromatic N) is 2. The summed E-state index contributed by atoms with van der Waals surface area (Å²) in [5, 5.41) is 8.71. The van der Waals surface area contributed by atoms with E-state index < -0.39 is 21.9 Å². The molecule has 1 aliphatic heterocycles. The minimum absolute atomic E-state index is 0.0589. The number of rotatable bonds is 6. The molecule has 1 aliphatic rings. The van der Waals surface area contributed by atoms with Crippen LogP contribution < -0.4 is 0 Å². The minimum atomic E-state index is -3.65. The predicted octanol–water partition coefficient (Wildman–Crippen LogP) is 1.80. The molecule has 1 unspecified atom stereocenters. The average Bonchev–Trinajstić information content (AvgIpc) is 2.59. The molecule has 1 amide bonds. The maximum atomic E-state index is 12.9. The number of benzene rings is 1. The molecule has 8 heteroatoms. The highest BCUT2D eigenvalue weighted by Gasteiger charge is 2.31. The first kappa shape index (κ1) is 19.4. The number of piperidine rings is 1. The lowest BCUT2D eigenvalue weighted by Gasteiger charge is -2.32.